The number of benzene rings is 2. The second kappa shape index (κ2) is 8.46. The normalized spacial score (nSPS) is 10.8. The molecule has 0 amide bonds. The topological polar surface area (TPSA) is 47.0 Å². The molecule has 0 bridgehead atoms. The van der Waals surface area contributed by atoms with E-state index in [4.69, 9.17) is 21.9 Å². The van der Waals surface area contributed by atoms with Crippen LogP contribution in [0.4, 0.5) is 0 Å². The Kier molecular flexibility index (Phi) is 5.60. The monoisotopic (exact) mass is 405 g/mol. The van der Waals surface area contributed by atoms with Crippen molar-refractivity contribution in [2.24, 2.45) is 0 Å². The van der Waals surface area contributed by atoms with E-state index in [0.717, 1.165) is 31.5 Å². The molecular formula is C22H19N3OS2. The Balaban J connectivity index is 1.41. The number of rotatable bonds is 6. The highest BCUT2D eigenvalue weighted by atomic mass is 32.1. The summed E-state index contributed by atoms with van der Waals surface area (Å²) in [5.74, 6) is 0.855. The van der Waals surface area contributed by atoms with Gasteiger partial charge in [0.15, 0.2) is 0 Å². The van der Waals surface area contributed by atoms with Crippen LogP contribution in [0, 0.1) is 0 Å². The molecule has 1 N–H and O–H groups in total. The zero-order chi connectivity index (χ0) is 19.3. The minimum atomic E-state index is 0.700. The Morgan fingerprint density at radius 1 is 1.11 bits per heavy atom. The summed E-state index contributed by atoms with van der Waals surface area (Å²) in [5, 5.41) is 4.34. The van der Waals surface area contributed by atoms with Crippen LogP contribution in [-0.4, -0.2) is 22.1 Å². The number of hydrogen-bond acceptors (Lipinski definition) is 5. The molecule has 4 rings (SSSR count). The van der Waals surface area contributed by atoms with Crippen LogP contribution in [0.15, 0.2) is 67.0 Å². The third kappa shape index (κ3) is 4.35. The highest BCUT2D eigenvalue weighted by molar-refractivity contribution is 7.80. The quantitative estimate of drug-likeness (QED) is 0.456. The van der Waals surface area contributed by atoms with Gasteiger partial charge >= 0.3 is 0 Å². The van der Waals surface area contributed by atoms with Crippen LogP contribution in [0.1, 0.15) is 11.1 Å². The van der Waals surface area contributed by atoms with Crippen molar-refractivity contribution in [1.29, 1.82) is 0 Å². The Hall–Kier alpha value is -2.83. The number of fused-ring (bicyclic) bond motifs is 1. The van der Waals surface area contributed by atoms with Crippen LogP contribution in [0.5, 0.6) is 5.75 Å². The molecule has 4 nitrogen and oxygen atoms in total. The zero-order valence-corrected chi connectivity index (χ0v) is 17.0. The molecule has 0 aliphatic rings. The standard InChI is InChI=1S/C22H19N3OS2/c1-26-18-7-5-15(6-8-18)13-24-21(27)12-16-3-2-4-17(11-16)22-25-19-9-10-23-14-20(19)28-22/h2-11,14H,12-13H2,1H3,(H,24,27). The van der Waals surface area contributed by atoms with Crippen molar-refractivity contribution in [1.82, 2.24) is 15.3 Å². The van der Waals surface area contributed by atoms with E-state index in [-0.39, 0.29) is 0 Å². The summed E-state index contributed by atoms with van der Waals surface area (Å²) in [5.41, 5.74) is 4.43. The van der Waals surface area contributed by atoms with Crippen molar-refractivity contribution < 1.29 is 4.74 Å². The Morgan fingerprint density at radius 2 is 1.96 bits per heavy atom. The number of thiocarbonyl (C=S) groups is 1. The summed E-state index contributed by atoms with van der Waals surface area (Å²) in [7, 11) is 1.67. The van der Waals surface area contributed by atoms with E-state index in [9.17, 15) is 0 Å². The van der Waals surface area contributed by atoms with Crippen LogP contribution < -0.4 is 10.1 Å². The molecule has 0 radical (unpaired) electrons. The molecule has 2 heterocycles. The van der Waals surface area contributed by atoms with Gasteiger partial charge in [-0.1, -0.05) is 42.5 Å². The molecule has 0 spiro atoms. The third-order valence-corrected chi connectivity index (χ3v) is 5.72. The third-order valence-electron chi connectivity index (χ3n) is 4.38. The predicted octanol–water partition coefficient (Wildman–Crippen LogP) is 5.03. The molecule has 6 heteroatoms. The van der Waals surface area contributed by atoms with Gasteiger partial charge in [-0.05, 0) is 35.4 Å². The number of thiazole rings is 1. The molecule has 0 aliphatic carbocycles. The van der Waals surface area contributed by atoms with Crippen molar-refractivity contribution in [2.75, 3.05) is 7.11 Å². The minimum absolute atomic E-state index is 0.700. The van der Waals surface area contributed by atoms with E-state index in [1.54, 1.807) is 24.6 Å². The largest absolute Gasteiger partial charge is 0.497 e. The number of hydrogen-bond donors (Lipinski definition) is 1. The first kappa shape index (κ1) is 18.5. The van der Waals surface area contributed by atoms with E-state index in [1.807, 2.05) is 36.5 Å². The molecule has 0 fully saturated rings. The summed E-state index contributed by atoms with van der Waals surface area (Å²) in [6, 6.07) is 18.3. The zero-order valence-electron chi connectivity index (χ0n) is 15.4. The van der Waals surface area contributed by atoms with Crippen LogP contribution in [0.3, 0.4) is 0 Å². The Bertz CT molecular complexity index is 1070. The number of nitrogens with zero attached hydrogens (tertiary/aromatic N) is 2. The van der Waals surface area contributed by atoms with Gasteiger partial charge in [-0.25, -0.2) is 4.98 Å². The smallest absolute Gasteiger partial charge is 0.124 e. The average Bonchev–Trinajstić information content (AvgIpc) is 3.17. The fourth-order valence-electron chi connectivity index (χ4n) is 2.91. The van der Waals surface area contributed by atoms with E-state index < -0.39 is 0 Å². The molecule has 4 aromatic rings. The molecule has 0 aliphatic heterocycles. The molecule has 0 atom stereocenters. The van der Waals surface area contributed by atoms with Crippen LogP contribution in [0.2, 0.25) is 0 Å². The van der Waals surface area contributed by atoms with Crippen LogP contribution in [-0.2, 0) is 13.0 Å². The van der Waals surface area contributed by atoms with E-state index >= 15 is 0 Å². The first-order chi connectivity index (χ1) is 13.7. The lowest BCUT2D eigenvalue weighted by Crippen LogP contribution is -2.22. The van der Waals surface area contributed by atoms with Gasteiger partial charge in [-0.3, -0.25) is 4.98 Å². The molecule has 140 valence electrons. The van der Waals surface area contributed by atoms with Gasteiger partial charge in [0.1, 0.15) is 10.8 Å². The molecule has 2 aromatic carbocycles. The van der Waals surface area contributed by atoms with Gasteiger partial charge in [0, 0.05) is 30.9 Å². The first-order valence-electron chi connectivity index (χ1n) is 8.91. The lowest BCUT2D eigenvalue weighted by Gasteiger charge is -2.09. The van der Waals surface area contributed by atoms with Crippen LogP contribution in [0.25, 0.3) is 20.8 Å². The van der Waals surface area contributed by atoms with Crippen molar-refractivity contribution in [3.05, 3.63) is 78.1 Å². The molecular weight excluding hydrogens is 386 g/mol. The summed E-state index contributed by atoms with van der Waals surface area (Å²) >= 11 is 7.20. The average molecular weight is 406 g/mol. The second-order valence-electron chi connectivity index (χ2n) is 6.36. The number of methoxy groups -OCH3 is 1. The lowest BCUT2D eigenvalue weighted by molar-refractivity contribution is 0.414. The second-order valence-corrected chi connectivity index (χ2v) is 7.89. The van der Waals surface area contributed by atoms with Crippen LogP contribution >= 0.6 is 23.6 Å². The summed E-state index contributed by atoms with van der Waals surface area (Å²) in [6.07, 6.45) is 4.33. The number of ether oxygens (including phenoxy) is 1. The van der Waals surface area contributed by atoms with Crippen molar-refractivity contribution in [3.8, 4) is 16.3 Å². The number of nitrogens with one attached hydrogen (secondary N) is 1. The van der Waals surface area contributed by atoms with Crippen molar-refractivity contribution in [2.45, 2.75) is 13.0 Å². The summed E-state index contributed by atoms with van der Waals surface area (Å²) < 4.78 is 6.28. The summed E-state index contributed by atoms with van der Waals surface area (Å²) in [4.78, 5) is 9.70. The fourth-order valence-corrected chi connectivity index (χ4v) is 4.08. The predicted molar refractivity (Wildman–Crippen MR) is 119 cm³/mol. The molecule has 0 unspecified atom stereocenters. The minimum Gasteiger partial charge on any atom is -0.497 e. The molecule has 2 aromatic heterocycles. The van der Waals surface area contributed by atoms with Gasteiger partial charge < -0.3 is 10.1 Å². The number of aromatic nitrogens is 2. The van der Waals surface area contributed by atoms with Crippen molar-refractivity contribution in [3.63, 3.8) is 0 Å². The highest BCUT2D eigenvalue weighted by Gasteiger charge is 2.08. The van der Waals surface area contributed by atoms with Crippen molar-refractivity contribution >= 4 is 38.8 Å². The maximum absolute atomic E-state index is 5.54. The highest BCUT2D eigenvalue weighted by Crippen LogP contribution is 2.30. The van der Waals surface area contributed by atoms with Gasteiger partial charge in [0.2, 0.25) is 0 Å². The molecule has 0 saturated heterocycles. The number of pyridine rings is 1. The van der Waals surface area contributed by atoms with E-state index in [0.29, 0.717) is 13.0 Å². The summed E-state index contributed by atoms with van der Waals surface area (Å²) in [6.45, 7) is 0.702. The van der Waals surface area contributed by atoms with Gasteiger partial charge in [-0.15, -0.1) is 11.3 Å². The Labute approximate surface area is 173 Å². The maximum Gasteiger partial charge on any atom is 0.124 e. The maximum atomic E-state index is 5.54. The lowest BCUT2D eigenvalue weighted by atomic mass is 10.1. The Morgan fingerprint density at radius 3 is 2.75 bits per heavy atom. The first-order valence-corrected chi connectivity index (χ1v) is 10.1. The molecule has 28 heavy (non-hydrogen) atoms. The fraction of sp³-hybridized carbons (Fsp3) is 0.136. The van der Waals surface area contributed by atoms with E-state index in [1.165, 1.54) is 11.1 Å². The van der Waals surface area contributed by atoms with E-state index in [2.05, 4.69) is 34.6 Å². The SMILES string of the molecule is COc1ccc(CNC(=S)Cc2cccc(-c3nc4ccncc4s3)c2)cc1. The van der Waals surface area contributed by atoms with Gasteiger partial charge in [-0.2, -0.15) is 0 Å². The van der Waals surface area contributed by atoms with Gasteiger partial charge in [0.05, 0.1) is 22.3 Å². The molecule has 0 saturated carbocycles. The van der Waals surface area contributed by atoms with Gasteiger partial charge in [0.25, 0.3) is 0 Å².